The first-order chi connectivity index (χ1) is 13.5. The van der Waals surface area contributed by atoms with Gasteiger partial charge in [0.05, 0.1) is 17.2 Å². The predicted octanol–water partition coefficient (Wildman–Crippen LogP) is 4.19. The maximum atomic E-state index is 12.8. The molecule has 2 N–H and O–H groups in total. The van der Waals surface area contributed by atoms with Crippen LogP contribution in [-0.2, 0) is 20.9 Å². The molecule has 12 heteroatoms. The van der Waals surface area contributed by atoms with Gasteiger partial charge in [-0.05, 0) is 29.8 Å². The van der Waals surface area contributed by atoms with Gasteiger partial charge in [-0.15, -0.1) is 0 Å². The fourth-order valence-electron chi connectivity index (χ4n) is 2.00. The summed E-state index contributed by atoms with van der Waals surface area (Å²) in [4.78, 5) is 4.23. The van der Waals surface area contributed by atoms with E-state index < -0.39 is 21.8 Å². The molecule has 1 aromatic heterocycles. The predicted molar refractivity (Wildman–Crippen MR) is 104 cm³/mol. The van der Waals surface area contributed by atoms with E-state index in [-0.39, 0.29) is 16.7 Å². The molecule has 0 spiro atoms. The van der Waals surface area contributed by atoms with E-state index in [1.54, 1.807) is 18.2 Å². The number of hydrogen-bond donors (Lipinski definition) is 1. The second-order valence-electron chi connectivity index (χ2n) is 5.54. The number of hydrogen-bond acceptors (Lipinski definition) is 6. The lowest BCUT2D eigenvalue weighted by atomic mass is 10.2. The Hall–Kier alpha value is -1.79. The maximum Gasteiger partial charge on any atom is 0.417 e. The summed E-state index contributed by atoms with van der Waals surface area (Å²) in [7, 11) is -2.36. The van der Waals surface area contributed by atoms with Crippen LogP contribution in [0.3, 0.4) is 0 Å². The standard InChI is InChI=1S/C17H16ClF3N2O4S2/c1-26-5-6-27-13-3-2-11(4-7-29(22,24)25)15(9-13)28-16-14(18)8-12(10-23-16)17(19,20)21/h2-4,7-10H,5-6H2,1H3,(H2,22,24,25)/b7-4+. The van der Waals surface area contributed by atoms with Crippen LogP contribution in [0, 0.1) is 0 Å². The Morgan fingerprint density at radius 1 is 1.28 bits per heavy atom. The van der Waals surface area contributed by atoms with Crippen molar-refractivity contribution < 1.29 is 31.1 Å². The summed E-state index contributed by atoms with van der Waals surface area (Å²) >= 11 is 6.92. The summed E-state index contributed by atoms with van der Waals surface area (Å²) in [6.45, 7) is 0.619. The van der Waals surface area contributed by atoms with E-state index in [0.717, 1.165) is 23.2 Å². The molecule has 0 saturated carbocycles. The smallest absolute Gasteiger partial charge is 0.417 e. The first-order valence-electron chi connectivity index (χ1n) is 7.87. The van der Waals surface area contributed by atoms with Gasteiger partial charge >= 0.3 is 6.18 Å². The number of aromatic nitrogens is 1. The molecule has 0 amide bonds. The van der Waals surface area contributed by atoms with Gasteiger partial charge in [-0.25, -0.2) is 18.5 Å². The summed E-state index contributed by atoms with van der Waals surface area (Å²) < 4.78 is 71.2. The van der Waals surface area contributed by atoms with Gasteiger partial charge in [0.1, 0.15) is 17.4 Å². The van der Waals surface area contributed by atoms with Crippen LogP contribution < -0.4 is 9.88 Å². The molecule has 0 aliphatic carbocycles. The van der Waals surface area contributed by atoms with Gasteiger partial charge in [0.15, 0.2) is 0 Å². The van der Waals surface area contributed by atoms with Crippen molar-refractivity contribution in [3.63, 3.8) is 0 Å². The number of sulfonamides is 1. The fourth-order valence-corrected chi connectivity index (χ4v) is 3.52. The first-order valence-corrected chi connectivity index (χ1v) is 10.7. The summed E-state index contributed by atoms with van der Waals surface area (Å²) in [5.74, 6) is 0.445. The van der Waals surface area contributed by atoms with Crippen LogP contribution in [0.15, 0.2) is 45.8 Å². The van der Waals surface area contributed by atoms with Crippen LogP contribution in [0.5, 0.6) is 5.75 Å². The van der Waals surface area contributed by atoms with Crippen LogP contribution in [0.2, 0.25) is 5.02 Å². The zero-order chi connectivity index (χ0) is 21.7. The molecule has 0 bridgehead atoms. The lowest BCUT2D eigenvalue weighted by Gasteiger charge is -2.12. The van der Waals surface area contributed by atoms with E-state index in [0.29, 0.717) is 29.0 Å². The highest BCUT2D eigenvalue weighted by Gasteiger charge is 2.31. The Kier molecular flexibility index (Phi) is 7.94. The minimum Gasteiger partial charge on any atom is -0.491 e. The molecule has 0 radical (unpaired) electrons. The Bertz CT molecular complexity index is 999. The SMILES string of the molecule is COCCOc1ccc(/C=C/S(N)(=O)=O)c(Sc2ncc(C(F)(F)F)cc2Cl)c1. The topological polar surface area (TPSA) is 91.5 Å². The van der Waals surface area contributed by atoms with Gasteiger partial charge in [-0.1, -0.05) is 29.4 Å². The van der Waals surface area contributed by atoms with Gasteiger partial charge in [0, 0.05) is 23.6 Å². The molecular formula is C17H16ClF3N2O4S2. The maximum absolute atomic E-state index is 12.8. The van der Waals surface area contributed by atoms with Crippen LogP contribution in [0.4, 0.5) is 13.2 Å². The normalized spacial score (nSPS) is 12.5. The molecule has 158 valence electrons. The second kappa shape index (κ2) is 9.81. The lowest BCUT2D eigenvalue weighted by molar-refractivity contribution is -0.137. The molecule has 2 aromatic rings. The third-order valence-electron chi connectivity index (χ3n) is 3.32. The average Bonchev–Trinajstić information content (AvgIpc) is 2.61. The van der Waals surface area contributed by atoms with E-state index in [2.05, 4.69) is 4.98 Å². The zero-order valence-electron chi connectivity index (χ0n) is 14.9. The van der Waals surface area contributed by atoms with Gasteiger partial charge in [-0.2, -0.15) is 13.2 Å². The minimum atomic E-state index is -4.57. The number of ether oxygens (including phenoxy) is 2. The molecule has 29 heavy (non-hydrogen) atoms. The number of nitrogens with two attached hydrogens (primary N) is 1. The number of alkyl halides is 3. The molecular weight excluding hydrogens is 453 g/mol. The van der Waals surface area contributed by atoms with Crippen molar-refractivity contribution in [2.75, 3.05) is 20.3 Å². The molecule has 0 atom stereocenters. The Morgan fingerprint density at radius 2 is 2.00 bits per heavy atom. The van der Waals surface area contributed by atoms with E-state index in [1.165, 1.54) is 13.2 Å². The number of halogens is 4. The number of primary sulfonamides is 1. The second-order valence-corrected chi connectivity index (χ2v) is 8.43. The van der Waals surface area contributed by atoms with Crippen LogP contribution in [0.1, 0.15) is 11.1 Å². The molecule has 0 saturated heterocycles. The monoisotopic (exact) mass is 468 g/mol. The van der Waals surface area contributed by atoms with Gasteiger partial charge < -0.3 is 9.47 Å². The molecule has 0 aliphatic rings. The number of pyridine rings is 1. The number of nitrogens with zero attached hydrogens (tertiary/aromatic N) is 1. The summed E-state index contributed by atoms with van der Waals surface area (Å²) in [6.07, 6.45) is -2.64. The molecule has 1 aromatic carbocycles. The quantitative estimate of drug-likeness (QED) is 0.584. The van der Waals surface area contributed by atoms with Crippen LogP contribution in [-0.4, -0.2) is 33.7 Å². The fraction of sp³-hybridized carbons (Fsp3) is 0.235. The summed E-state index contributed by atoms with van der Waals surface area (Å²) in [5, 5.41) is 5.70. The Morgan fingerprint density at radius 3 is 2.59 bits per heavy atom. The third kappa shape index (κ3) is 7.52. The van der Waals surface area contributed by atoms with Crippen LogP contribution >= 0.6 is 23.4 Å². The molecule has 0 fully saturated rings. The Balaban J connectivity index is 2.39. The number of benzene rings is 1. The van der Waals surface area contributed by atoms with E-state index >= 15 is 0 Å². The lowest BCUT2D eigenvalue weighted by Crippen LogP contribution is -2.07. The highest BCUT2D eigenvalue weighted by atomic mass is 35.5. The van der Waals surface area contributed by atoms with Crippen molar-refractivity contribution >= 4 is 39.5 Å². The molecule has 0 unspecified atom stereocenters. The van der Waals surface area contributed by atoms with Crippen molar-refractivity contribution in [2.24, 2.45) is 5.14 Å². The number of rotatable bonds is 8. The summed E-state index contributed by atoms with van der Waals surface area (Å²) in [6, 6.07) is 5.53. The molecule has 2 rings (SSSR count). The first kappa shape index (κ1) is 23.5. The molecule has 0 aliphatic heterocycles. The number of methoxy groups -OCH3 is 1. The van der Waals surface area contributed by atoms with Crippen molar-refractivity contribution in [3.05, 3.63) is 52.0 Å². The summed E-state index contributed by atoms with van der Waals surface area (Å²) in [5.41, 5.74) is -0.543. The van der Waals surface area contributed by atoms with Gasteiger partial charge in [-0.3, -0.25) is 0 Å². The van der Waals surface area contributed by atoms with E-state index in [4.69, 9.17) is 26.2 Å². The largest absolute Gasteiger partial charge is 0.491 e. The third-order valence-corrected chi connectivity index (χ3v) is 5.33. The van der Waals surface area contributed by atoms with E-state index in [9.17, 15) is 21.6 Å². The zero-order valence-corrected chi connectivity index (χ0v) is 17.3. The van der Waals surface area contributed by atoms with Crippen LogP contribution in [0.25, 0.3) is 6.08 Å². The van der Waals surface area contributed by atoms with Crippen molar-refractivity contribution in [2.45, 2.75) is 16.1 Å². The average molecular weight is 469 g/mol. The molecule has 6 nitrogen and oxygen atoms in total. The Labute approximate surface area is 174 Å². The van der Waals surface area contributed by atoms with Crippen molar-refractivity contribution in [1.82, 2.24) is 4.98 Å². The van der Waals surface area contributed by atoms with E-state index in [1.807, 2.05) is 0 Å². The van der Waals surface area contributed by atoms with Crippen molar-refractivity contribution in [1.29, 1.82) is 0 Å². The minimum absolute atomic E-state index is 0.110. The van der Waals surface area contributed by atoms with Crippen molar-refractivity contribution in [3.8, 4) is 5.75 Å². The van der Waals surface area contributed by atoms with Gasteiger partial charge in [0.25, 0.3) is 0 Å². The highest BCUT2D eigenvalue weighted by Crippen LogP contribution is 2.38. The van der Waals surface area contributed by atoms with Gasteiger partial charge in [0.2, 0.25) is 10.0 Å². The highest BCUT2D eigenvalue weighted by molar-refractivity contribution is 7.99. The molecule has 1 heterocycles.